The van der Waals surface area contributed by atoms with Gasteiger partial charge in [-0.2, -0.15) is 32.1 Å². The zero-order chi connectivity index (χ0) is 39.2. The van der Waals surface area contributed by atoms with Gasteiger partial charge in [-0.15, -0.1) is 0 Å². The molecule has 9 nitrogen and oxygen atoms in total. The van der Waals surface area contributed by atoms with Crippen LogP contribution < -0.4 is 5.32 Å². The molecule has 3 atom stereocenters. The summed E-state index contributed by atoms with van der Waals surface area (Å²) in [6.45, 7) is 1.78. The van der Waals surface area contributed by atoms with Crippen LogP contribution in [0.25, 0.3) is 33.2 Å². The number of fused-ring (bicyclic) bond motifs is 6. The lowest BCUT2D eigenvalue weighted by Gasteiger charge is -2.24. The summed E-state index contributed by atoms with van der Waals surface area (Å²) in [5, 5.41) is 23.8. The molecular weight excluding hydrogens is 757 g/mol. The molecule has 2 aliphatic rings. The Kier molecular flexibility index (Phi) is 8.29. The van der Waals surface area contributed by atoms with E-state index in [1.165, 1.54) is 19.9 Å². The highest BCUT2D eigenvalue weighted by Gasteiger charge is 2.62. The first-order valence-corrected chi connectivity index (χ1v) is 16.9. The Balaban J connectivity index is 1.26. The normalized spacial score (nSPS) is 17.5. The molecule has 0 fully saturated rings. The van der Waals surface area contributed by atoms with Crippen LogP contribution >= 0.6 is 11.6 Å². The van der Waals surface area contributed by atoms with E-state index in [0.29, 0.717) is 38.4 Å². The van der Waals surface area contributed by atoms with Crippen molar-refractivity contribution in [3.05, 3.63) is 99.2 Å². The van der Waals surface area contributed by atoms with E-state index in [4.69, 9.17) is 16.0 Å². The van der Waals surface area contributed by atoms with Gasteiger partial charge in [-0.1, -0.05) is 41.5 Å². The Morgan fingerprint density at radius 2 is 1.85 bits per heavy atom. The van der Waals surface area contributed by atoms with Crippen LogP contribution in [0, 0.1) is 41.2 Å². The Hall–Kier alpha value is -5.84. The van der Waals surface area contributed by atoms with Gasteiger partial charge in [0.1, 0.15) is 52.2 Å². The summed E-state index contributed by atoms with van der Waals surface area (Å²) in [5.41, 5.74) is -3.08. The molecule has 4 aromatic heterocycles. The topological polar surface area (TPSA) is 122 Å². The molecule has 0 spiro atoms. The highest BCUT2D eigenvalue weighted by atomic mass is 35.5. The Morgan fingerprint density at radius 3 is 2.53 bits per heavy atom. The minimum atomic E-state index is -5.13. The molecule has 280 valence electrons. The molecule has 0 saturated heterocycles. The first kappa shape index (κ1) is 36.2. The summed E-state index contributed by atoms with van der Waals surface area (Å²) in [6.07, 6.45) is -5.48. The van der Waals surface area contributed by atoms with Crippen LogP contribution in [0.2, 0.25) is 5.15 Å². The number of benzene rings is 2. The number of carbonyl (C=O) groups excluding carboxylic acids is 1. The van der Waals surface area contributed by atoms with E-state index < -0.39 is 76.6 Å². The number of pyridine rings is 1. The third-order valence-electron chi connectivity index (χ3n) is 9.19. The number of H-pyrrole nitrogens is 1. The summed E-state index contributed by atoms with van der Waals surface area (Å²) in [7, 11) is 0. The molecule has 3 N–H and O–H groups in total. The maximum atomic E-state index is 15.5. The van der Waals surface area contributed by atoms with Gasteiger partial charge in [-0.3, -0.25) is 14.6 Å². The van der Waals surface area contributed by atoms with Crippen LogP contribution in [0.3, 0.4) is 0 Å². The SMILES string of the molecule is CC(C)(O)C#Cc1ccc(-c2cccc3c2oc2c(Cl)[nH]nc23)c(C(Cc2cc(F)cc(F)c2)NC(=O)Cn2nc(C(F)(F)F)c3c2C(F)(F)[C@@H]2C#C[C@H]32)n1. The lowest BCUT2D eigenvalue weighted by molar-refractivity contribution is -0.142. The van der Waals surface area contributed by atoms with Gasteiger partial charge in [-0.25, -0.2) is 13.8 Å². The van der Waals surface area contributed by atoms with E-state index in [1.807, 2.05) is 0 Å². The number of carbonyl (C=O) groups is 1. The summed E-state index contributed by atoms with van der Waals surface area (Å²) in [5.74, 6) is 0.0522. The molecule has 55 heavy (non-hydrogen) atoms. The molecule has 8 rings (SSSR count). The lowest BCUT2D eigenvalue weighted by atomic mass is 9.84. The van der Waals surface area contributed by atoms with E-state index >= 15 is 8.78 Å². The second kappa shape index (κ2) is 12.6. The number of aromatic amines is 1. The number of halogens is 8. The lowest BCUT2D eigenvalue weighted by Crippen LogP contribution is -2.36. The molecule has 2 aliphatic carbocycles. The quantitative estimate of drug-likeness (QED) is 0.114. The van der Waals surface area contributed by atoms with Crippen molar-refractivity contribution >= 4 is 39.6 Å². The van der Waals surface area contributed by atoms with Crippen molar-refractivity contribution in [3.8, 4) is 34.8 Å². The van der Waals surface area contributed by atoms with Gasteiger partial charge >= 0.3 is 12.1 Å². The average molecular weight is 781 g/mol. The molecular formula is C38H24ClF7N6O3. The standard InChI is InChI=1S/C38H24ClF7N6O3/c1-36(2,54)11-10-20-6-7-21(22-4-3-5-24-30-32(55-31(22)24)35(39)50-49-30)29(47-20)26(14-17-12-18(40)15-19(41)13-17)48-27(53)16-52-34-28(33(51-52)38(44,45)46)23-8-9-25(23)37(34,42)43/h3-7,12-13,15,23,25-26,54H,14,16H2,1-2H3,(H,48,53)(H,49,50)/t23-,25+,26?/m0/s1. The number of alkyl halides is 5. The van der Waals surface area contributed by atoms with E-state index in [1.54, 1.807) is 24.3 Å². The van der Waals surface area contributed by atoms with Gasteiger partial charge in [0.05, 0.1) is 17.7 Å². The number of furan rings is 1. The fourth-order valence-electron chi connectivity index (χ4n) is 6.93. The Labute approximate surface area is 310 Å². The van der Waals surface area contributed by atoms with Gasteiger partial charge in [0, 0.05) is 28.1 Å². The second-order valence-corrected chi connectivity index (χ2v) is 14.1. The summed E-state index contributed by atoms with van der Waals surface area (Å²) >= 11 is 6.26. The highest BCUT2D eigenvalue weighted by Crippen LogP contribution is 2.58. The smallest absolute Gasteiger partial charge is 0.435 e. The van der Waals surface area contributed by atoms with Crippen LogP contribution in [-0.2, 0) is 29.9 Å². The van der Waals surface area contributed by atoms with Crippen LogP contribution in [0.1, 0.15) is 59.7 Å². The zero-order valence-corrected chi connectivity index (χ0v) is 29.1. The van der Waals surface area contributed by atoms with Crippen molar-refractivity contribution < 1.29 is 45.1 Å². The number of aliphatic hydroxyl groups is 1. The van der Waals surface area contributed by atoms with Crippen molar-refractivity contribution in [2.75, 3.05) is 0 Å². The molecule has 4 heterocycles. The van der Waals surface area contributed by atoms with Crippen molar-refractivity contribution in [1.82, 2.24) is 30.3 Å². The maximum Gasteiger partial charge on any atom is 0.435 e. The summed E-state index contributed by atoms with van der Waals surface area (Å²) in [4.78, 5) is 18.6. The van der Waals surface area contributed by atoms with E-state index in [2.05, 4.69) is 49.3 Å². The third kappa shape index (κ3) is 6.35. The summed E-state index contributed by atoms with van der Waals surface area (Å²) < 4.78 is 109. The molecule has 1 unspecified atom stereocenters. The number of nitrogens with zero attached hydrogens (tertiary/aromatic N) is 4. The predicted molar refractivity (Wildman–Crippen MR) is 183 cm³/mol. The minimum Gasteiger partial charge on any atom is -0.450 e. The van der Waals surface area contributed by atoms with Crippen LogP contribution in [0.4, 0.5) is 30.7 Å². The van der Waals surface area contributed by atoms with E-state index in [-0.39, 0.29) is 34.1 Å². The second-order valence-electron chi connectivity index (χ2n) is 13.7. The van der Waals surface area contributed by atoms with E-state index in [9.17, 15) is 31.9 Å². The monoisotopic (exact) mass is 780 g/mol. The maximum absolute atomic E-state index is 15.5. The molecule has 1 amide bonds. The van der Waals surface area contributed by atoms with E-state index in [0.717, 1.165) is 12.1 Å². The number of amides is 1. The predicted octanol–water partition coefficient (Wildman–Crippen LogP) is 7.56. The largest absolute Gasteiger partial charge is 0.450 e. The number of para-hydroxylation sites is 1. The van der Waals surface area contributed by atoms with Crippen molar-refractivity contribution in [2.24, 2.45) is 5.92 Å². The number of nitrogens with one attached hydrogen (secondary N) is 2. The average Bonchev–Trinajstić information content (AvgIpc) is 3.77. The molecule has 0 aliphatic heterocycles. The highest BCUT2D eigenvalue weighted by molar-refractivity contribution is 6.34. The van der Waals surface area contributed by atoms with Gasteiger partial charge in [0.25, 0.3) is 0 Å². The van der Waals surface area contributed by atoms with Gasteiger partial charge in [-0.05, 0) is 62.1 Å². The molecule has 0 saturated carbocycles. The van der Waals surface area contributed by atoms with Crippen LogP contribution in [-0.4, -0.2) is 41.6 Å². The third-order valence-corrected chi connectivity index (χ3v) is 9.45. The van der Waals surface area contributed by atoms with Crippen molar-refractivity contribution in [3.63, 3.8) is 0 Å². The first-order valence-electron chi connectivity index (χ1n) is 16.5. The summed E-state index contributed by atoms with van der Waals surface area (Å²) in [6, 6.07) is 9.49. The Bertz CT molecular complexity index is 2690. The fraction of sp³-hybridized carbons (Fsp3) is 0.263. The number of hydrogen-bond acceptors (Lipinski definition) is 6. The van der Waals surface area contributed by atoms with Gasteiger partial charge in [0.2, 0.25) is 5.91 Å². The first-order chi connectivity index (χ1) is 25.9. The molecule has 2 aromatic carbocycles. The zero-order valence-electron chi connectivity index (χ0n) is 28.3. The Morgan fingerprint density at radius 1 is 1.11 bits per heavy atom. The van der Waals surface area contributed by atoms with Crippen molar-refractivity contribution in [2.45, 2.75) is 56.5 Å². The van der Waals surface area contributed by atoms with Gasteiger partial charge < -0.3 is 14.8 Å². The number of rotatable bonds is 7. The number of aromatic nitrogens is 5. The molecule has 0 radical (unpaired) electrons. The number of hydrogen-bond donors (Lipinski definition) is 3. The molecule has 0 bridgehead atoms. The molecule has 17 heteroatoms. The van der Waals surface area contributed by atoms with Crippen LogP contribution in [0.5, 0.6) is 0 Å². The minimum absolute atomic E-state index is 0.0320. The van der Waals surface area contributed by atoms with Crippen LogP contribution in [0.15, 0.2) is 52.9 Å². The van der Waals surface area contributed by atoms with Gasteiger partial charge in [0.15, 0.2) is 16.4 Å². The fourth-order valence-corrected chi connectivity index (χ4v) is 7.10. The van der Waals surface area contributed by atoms with Crippen molar-refractivity contribution in [1.29, 1.82) is 0 Å². The molecule has 6 aromatic rings.